The van der Waals surface area contributed by atoms with Crippen molar-refractivity contribution in [2.45, 2.75) is 31.8 Å². The fourth-order valence-corrected chi connectivity index (χ4v) is 2.53. The van der Waals surface area contributed by atoms with Gasteiger partial charge in [-0.25, -0.2) is 0 Å². The van der Waals surface area contributed by atoms with Crippen LogP contribution in [0.2, 0.25) is 5.02 Å². The van der Waals surface area contributed by atoms with Gasteiger partial charge in [0.25, 0.3) is 0 Å². The second kappa shape index (κ2) is 6.25. The highest BCUT2D eigenvalue weighted by Gasteiger charge is 2.34. The van der Waals surface area contributed by atoms with Crippen LogP contribution in [0.15, 0.2) is 24.3 Å². The SMILES string of the molecule is CC(=O)N1CCC(C#N)(NCc2ccc(Cl)cc2)CC1. The lowest BCUT2D eigenvalue weighted by molar-refractivity contribution is -0.130. The van der Waals surface area contributed by atoms with Gasteiger partial charge in [-0.15, -0.1) is 0 Å². The normalized spacial score (nSPS) is 17.6. The minimum Gasteiger partial charge on any atom is -0.343 e. The Morgan fingerprint density at radius 1 is 1.40 bits per heavy atom. The van der Waals surface area contributed by atoms with E-state index < -0.39 is 5.54 Å². The molecule has 2 rings (SSSR count). The molecule has 0 bridgehead atoms. The first-order valence-electron chi connectivity index (χ1n) is 6.71. The van der Waals surface area contributed by atoms with Gasteiger partial charge in [0.1, 0.15) is 5.54 Å². The number of hydrogen-bond donors (Lipinski definition) is 1. The van der Waals surface area contributed by atoms with Gasteiger partial charge in [-0.05, 0) is 30.5 Å². The molecule has 106 valence electrons. The summed E-state index contributed by atoms with van der Waals surface area (Å²) in [5.41, 5.74) is 0.559. The lowest BCUT2D eigenvalue weighted by Gasteiger charge is -2.37. The maximum atomic E-state index is 11.3. The largest absolute Gasteiger partial charge is 0.343 e. The molecule has 0 radical (unpaired) electrons. The van der Waals surface area contributed by atoms with Crippen LogP contribution in [0.3, 0.4) is 0 Å². The van der Waals surface area contributed by atoms with Gasteiger partial charge >= 0.3 is 0 Å². The van der Waals surface area contributed by atoms with Crippen LogP contribution < -0.4 is 5.32 Å². The maximum absolute atomic E-state index is 11.3. The number of carbonyl (C=O) groups excluding carboxylic acids is 1. The minimum absolute atomic E-state index is 0.0780. The molecular weight excluding hydrogens is 274 g/mol. The zero-order valence-corrected chi connectivity index (χ0v) is 12.3. The van der Waals surface area contributed by atoms with E-state index in [1.807, 2.05) is 24.3 Å². The molecule has 1 aliphatic heterocycles. The standard InChI is InChI=1S/C15H18ClN3O/c1-12(20)19-8-6-15(11-17,7-9-19)18-10-13-2-4-14(16)5-3-13/h2-5,18H,6-10H2,1H3. The van der Waals surface area contributed by atoms with E-state index in [0.717, 1.165) is 5.56 Å². The van der Waals surface area contributed by atoms with E-state index in [1.165, 1.54) is 0 Å². The van der Waals surface area contributed by atoms with E-state index in [0.29, 0.717) is 37.5 Å². The maximum Gasteiger partial charge on any atom is 0.219 e. The Hall–Kier alpha value is -1.57. The van der Waals surface area contributed by atoms with Crippen LogP contribution in [-0.2, 0) is 11.3 Å². The fourth-order valence-electron chi connectivity index (χ4n) is 2.40. The van der Waals surface area contributed by atoms with Gasteiger partial charge in [-0.1, -0.05) is 23.7 Å². The summed E-state index contributed by atoms with van der Waals surface area (Å²) in [6, 6.07) is 9.97. The molecule has 5 heteroatoms. The number of nitriles is 1. The van der Waals surface area contributed by atoms with Crippen LogP contribution >= 0.6 is 11.6 Å². The number of benzene rings is 1. The van der Waals surface area contributed by atoms with Gasteiger partial charge in [0.15, 0.2) is 0 Å². The first-order chi connectivity index (χ1) is 9.54. The average Bonchev–Trinajstić information content (AvgIpc) is 2.47. The summed E-state index contributed by atoms with van der Waals surface area (Å²) in [4.78, 5) is 13.1. The van der Waals surface area contributed by atoms with Crippen LogP contribution in [0.25, 0.3) is 0 Å². The first-order valence-corrected chi connectivity index (χ1v) is 7.09. The number of carbonyl (C=O) groups is 1. The van der Waals surface area contributed by atoms with Crippen LogP contribution in [0.5, 0.6) is 0 Å². The second-order valence-electron chi connectivity index (χ2n) is 5.18. The zero-order valence-electron chi connectivity index (χ0n) is 11.5. The van der Waals surface area contributed by atoms with Gasteiger partial charge in [-0.3, -0.25) is 10.1 Å². The van der Waals surface area contributed by atoms with Crippen molar-refractivity contribution in [2.24, 2.45) is 0 Å². The fraction of sp³-hybridized carbons (Fsp3) is 0.467. The van der Waals surface area contributed by atoms with Crippen LogP contribution in [0.1, 0.15) is 25.3 Å². The average molecular weight is 292 g/mol. The smallest absolute Gasteiger partial charge is 0.219 e. The van der Waals surface area contributed by atoms with Crippen molar-refractivity contribution in [3.8, 4) is 6.07 Å². The molecule has 0 spiro atoms. The molecule has 1 aliphatic rings. The van der Waals surface area contributed by atoms with Gasteiger partial charge in [0.2, 0.25) is 5.91 Å². The van der Waals surface area contributed by atoms with Crippen molar-refractivity contribution in [3.63, 3.8) is 0 Å². The molecule has 1 amide bonds. The van der Waals surface area contributed by atoms with Crippen molar-refractivity contribution >= 4 is 17.5 Å². The van der Waals surface area contributed by atoms with Crippen molar-refractivity contribution in [3.05, 3.63) is 34.9 Å². The summed E-state index contributed by atoms with van der Waals surface area (Å²) < 4.78 is 0. The minimum atomic E-state index is -0.536. The van der Waals surface area contributed by atoms with Gasteiger partial charge in [-0.2, -0.15) is 5.26 Å². The van der Waals surface area contributed by atoms with Crippen molar-refractivity contribution in [1.29, 1.82) is 5.26 Å². The van der Waals surface area contributed by atoms with Crippen LogP contribution in [0, 0.1) is 11.3 Å². The topological polar surface area (TPSA) is 56.1 Å². The summed E-state index contributed by atoms with van der Waals surface area (Å²) in [7, 11) is 0. The number of halogens is 1. The number of nitrogens with one attached hydrogen (secondary N) is 1. The Morgan fingerprint density at radius 3 is 2.50 bits per heavy atom. The Kier molecular flexibility index (Phi) is 4.64. The predicted octanol–water partition coefficient (Wildman–Crippen LogP) is 2.33. The van der Waals surface area contributed by atoms with E-state index in [9.17, 15) is 10.1 Å². The number of piperidine rings is 1. The van der Waals surface area contributed by atoms with Gasteiger partial charge in [0.05, 0.1) is 6.07 Å². The zero-order chi connectivity index (χ0) is 14.6. The molecule has 0 aliphatic carbocycles. The molecule has 0 aromatic heterocycles. The highest BCUT2D eigenvalue weighted by molar-refractivity contribution is 6.30. The summed E-state index contributed by atoms with van der Waals surface area (Å²) in [6.07, 6.45) is 1.33. The highest BCUT2D eigenvalue weighted by Crippen LogP contribution is 2.22. The molecule has 1 saturated heterocycles. The summed E-state index contributed by atoms with van der Waals surface area (Å²) in [5.74, 6) is 0.0780. The lowest BCUT2D eigenvalue weighted by atomic mass is 9.88. The van der Waals surface area contributed by atoms with Crippen LogP contribution in [-0.4, -0.2) is 29.4 Å². The van der Waals surface area contributed by atoms with E-state index in [2.05, 4.69) is 11.4 Å². The molecule has 1 aromatic carbocycles. The third-order valence-electron chi connectivity index (χ3n) is 3.82. The predicted molar refractivity (Wildman–Crippen MR) is 78.1 cm³/mol. The van der Waals surface area contributed by atoms with E-state index >= 15 is 0 Å². The molecular formula is C15H18ClN3O. The van der Waals surface area contributed by atoms with Gasteiger partial charge < -0.3 is 4.90 Å². The number of rotatable bonds is 3. The quantitative estimate of drug-likeness (QED) is 0.930. The monoisotopic (exact) mass is 291 g/mol. The number of hydrogen-bond acceptors (Lipinski definition) is 3. The number of likely N-dealkylation sites (tertiary alicyclic amines) is 1. The number of nitrogens with zero attached hydrogens (tertiary/aromatic N) is 2. The van der Waals surface area contributed by atoms with Crippen molar-refractivity contribution in [2.75, 3.05) is 13.1 Å². The summed E-state index contributed by atoms with van der Waals surface area (Å²) in [5, 5.41) is 13.5. The summed E-state index contributed by atoms with van der Waals surface area (Å²) in [6.45, 7) is 3.47. The molecule has 1 N–H and O–H groups in total. The van der Waals surface area contributed by atoms with Crippen molar-refractivity contribution in [1.82, 2.24) is 10.2 Å². The Labute approximate surface area is 124 Å². The van der Waals surface area contributed by atoms with Gasteiger partial charge in [0, 0.05) is 31.6 Å². The number of amides is 1. The third kappa shape index (κ3) is 3.50. The highest BCUT2D eigenvalue weighted by atomic mass is 35.5. The molecule has 1 heterocycles. The van der Waals surface area contributed by atoms with Crippen LogP contribution in [0.4, 0.5) is 0 Å². The second-order valence-corrected chi connectivity index (χ2v) is 5.62. The molecule has 0 atom stereocenters. The molecule has 0 unspecified atom stereocenters. The van der Waals surface area contributed by atoms with Crippen molar-refractivity contribution < 1.29 is 4.79 Å². The third-order valence-corrected chi connectivity index (χ3v) is 4.07. The molecule has 1 aromatic rings. The Morgan fingerprint density at radius 2 is 2.00 bits per heavy atom. The molecule has 1 fully saturated rings. The van der Waals surface area contributed by atoms with E-state index in [1.54, 1.807) is 11.8 Å². The molecule has 20 heavy (non-hydrogen) atoms. The molecule has 4 nitrogen and oxygen atoms in total. The Balaban J connectivity index is 1.94. The Bertz CT molecular complexity index is 513. The van der Waals surface area contributed by atoms with E-state index in [4.69, 9.17) is 11.6 Å². The molecule has 0 saturated carbocycles. The lowest BCUT2D eigenvalue weighted by Crippen LogP contribution is -2.53. The first kappa shape index (κ1) is 14.8. The summed E-state index contributed by atoms with van der Waals surface area (Å²) >= 11 is 5.85. The van der Waals surface area contributed by atoms with E-state index in [-0.39, 0.29) is 5.91 Å².